The van der Waals surface area contributed by atoms with E-state index in [1.165, 1.54) is 0 Å². The molecule has 10 heavy (non-hydrogen) atoms. The molecule has 0 saturated heterocycles. The zero-order valence-electron chi connectivity index (χ0n) is 8.52. The molecule has 0 rings (SSSR count). The van der Waals surface area contributed by atoms with Crippen LogP contribution in [0, 0.1) is 0 Å². The van der Waals surface area contributed by atoms with Gasteiger partial charge in [0.1, 0.15) is 8.24 Å². The molecule has 0 atom stereocenters. The van der Waals surface area contributed by atoms with Gasteiger partial charge in [-0.3, -0.25) is 0 Å². The second kappa shape index (κ2) is 4.79. The molecule has 0 N–H and O–H groups in total. The maximum atomic E-state index is 2.63. The van der Waals surface area contributed by atoms with Crippen LogP contribution in [0.25, 0.3) is 0 Å². The van der Waals surface area contributed by atoms with Crippen LogP contribution in [0.4, 0.5) is 0 Å². The summed E-state index contributed by atoms with van der Waals surface area (Å²) in [7, 11) is 0.858. The maximum absolute atomic E-state index is 2.63. The fraction of sp³-hybridized carbons (Fsp3) is 1.00. The number of hydrogen-bond acceptors (Lipinski definition) is 1. The van der Waals surface area contributed by atoms with Crippen LogP contribution >= 0.6 is 0 Å². The molecule has 0 heterocycles. The predicted molar refractivity (Wildman–Crippen MR) is 55.7 cm³/mol. The topological polar surface area (TPSA) is 3.24 Å². The summed E-state index contributed by atoms with van der Waals surface area (Å²) in [6.45, 7) is 12.0. The van der Waals surface area contributed by atoms with E-state index in [0.717, 1.165) is 0 Å². The van der Waals surface area contributed by atoms with E-state index < -0.39 is 17.2 Å². The van der Waals surface area contributed by atoms with Crippen molar-refractivity contribution in [3.8, 4) is 0 Å². The molecule has 0 aromatic rings. The van der Waals surface area contributed by atoms with Crippen LogP contribution in [0.15, 0.2) is 0 Å². The van der Waals surface area contributed by atoms with Gasteiger partial charge in [-0.05, 0) is 7.05 Å². The van der Waals surface area contributed by atoms with Crippen LogP contribution < -0.4 is 0 Å². The van der Waals surface area contributed by atoms with Crippen LogP contribution in [0.3, 0.4) is 0 Å². The average Bonchev–Trinajstić information content (AvgIpc) is 1.62. The van der Waals surface area contributed by atoms with E-state index in [1.54, 1.807) is 0 Å². The first-order chi connectivity index (χ1) is 3.85. The number of rotatable bonds is 2. The second-order valence-electron chi connectivity index (χ2n) is 3.88. The van der Waals surface area contributed by atoms with E-state index in [-0.39, 0.29) is 18.9 Å². The summed E-state index contributed by atoms with van der Waals surface area (Å²) in [5, 5.41) is 0. The Morgan fingerprint density at radius 2 is 1.40 bits per heavy atom. The van der Waals surface area contributed by atoms with Gasteiger partial charge in [0.25, 0.3) is 0 Å². The van der Waals surface area contributed by atoms with Crippen molar-refractivity contribution in [2.75, 3.05) is 7.05 Å². The van der Waals surface area contributed by atoms with Gasteiger partial charge in [-0.15, -0.1) is 0 Å². The second-order valence-corrected chi connectivity index (χ2v) is 12.4. The van der Waals surface area contributed by atoms with Gasteiger partial charge < -0.3 is 4.23 Å². The molecule has 0 saturated carbocycles. The summed E-state index contributed by atoms with van der Waals surface area (Å²) in [5.41, 5.74) is 0. The molecule has 0 amide bonds. The van der Waals surface area contributed by atoms with Crippen molar-refractivity contribution < 1.29 is 0 Å². The standard InChI is InChI=1S/C6H19NSi2.Li/c1-7(8(2)3)9(4,5)6;/h8H,1-6H3;. The molecule has 1 radical (unpaired) electrons. The third kappa shape index (κ3) is 4.75. The summed E-state index contributed by atoms with van der Waals surface area (Å²) in [4.78, 5) is 0. The fourth-order valence-corrected chi connectivity index (χ4v) is 6.97. The maximum Gasteiger partial charge on any atom is 0.111 e. The van der Waals surface area contributed by atoms with Gasteiger partial charge in [-0.25, -0.2) is 0 Å². The number of nitrogens with zero attached hydrogens (tertiary/aromatic N) is 1. The molecule has 0 bridgehead atoms. The molecule has 4 heteroatoms. The third-order valence-electron chi connectivity index (χ3n) is 1.83. The largest absolute Gasteiger partial charge is 0.351 e. The smallest absolute Gasteiger partial charge is 0.111 e. The Morgan fingerprint density at radius 1 is 1.10 bits per heavy atom. The summed E-state index contributed by atoms with van der Waals surface area (Å²) < 4.78 is 2.63. The first-order valence-corrected chi connectivity index (χ1v) is 9.86. The van der Waals surface area contributed by atoms with Gasteiger partial charge in [-0.2, -0.15) is 0 Å². The third-order valence-corrected chi connectivity index (χ3v) is 9.37. The minimum atomic E-state index is -0.929. The first kappa shape index (κ1) is 13.6. The summed E-state index contributed by atoms with van der Waals surface area (Å²) >= 11 is 0. The Labute approximate surface area is 80.1 Å². The molecular weight excluding hydrogens is 149 g/mol. The molecule has 0 spiro atoms. The minimum absolute atomic E-state index is 0. The molecule has 0 aromatic heterocycles. The molecule has 0 aliphatic rings. The van der Waals surface area contributed by atoms with Gasteiger partial charge in [0.2, 0.25) is 0 Å². The number of hydrogen-bond donors (Lipinski definition) is 0. The van der Waals surface area contributed by atoms with E-state index in [0.29, 0.717) is 0 Å². The Bertz CT molecular complexity index is 90.2. The zero-order valence-corrected chi connectivity index (χ0v) is 10.7. The minimum Gasteiger partial charge on any atom is -0.351 e. The van der Waals surface area contributed by atoms with Crippen molar-refractivity contribution >= 4 is 36.1 Å². The van der Waals surface area contributed by atoms with Gasteiger partial charge >= 0.3 is 0 Å². The Morgan fingerprint density at radius 3 is 1.40 bits per heavy atom. The molecule has 0 aliphatic heterocycles. The van der Waals surface area contributed by atoms with Gasteiger partial charge in [0, 0.05) is 18.9 Å². The Hall–Kier alpha value is 0.991. The quantitative estimate of drug-likeness (QED) is 0.563. The van der Waals surface area contributed by atoms with Gasteiger partial charge in [0.05, 0.1) is 8.96 Å². The molecule has 0 fully saturated rings. The molecule has 57 valence electrons. The van der Waals surface area contributed by atoms with E-state index >= 15 is 0 Å². The van der Waals surface area contributed by atoms with Crippen molar-refractivity contribution in [1.29, 1.82) is 0 Å². The molecule has 0 aliphatic carbocycles. The Balaban J connectivity index is 0. The normalized spacial score (nSPS) is 12.0. The van der Waals surface area contributed by atoms with E-state index in [4.69, 9.17) is 0 Å². The van der Waals surface area contributed by atoms with E-state index in [2.05, 4.69) is 44.0 Å². The van der Waals surface area contributed by atoms with Crippen LogP contribution in [0.1, 0.15) is 0 Å². The molecule has 0 aromatic carbocycles. The van der Waals surface area contributed by atoms with Crippen molar-refractivity contribution in [2.45, 2.75) is 32.7 Å². The van der Waals surface area contributed by atoms with Crippen molar-refractivity contribution in [3.63, 3.8) is 0 Å². The van der Waals surface area contributed by atoms with Crippen LogP contribution in [0.5, 0.6) is 0 Å². The van der Waals surface area contributed by atoms with Crippen molar-refractivity contribution in [2.24, 2.45) is 0 Å². The fourth-order valence-electron chi connectivity index (χ4n) is 0.775. The SMILES string of the molecule is CN([SiH](C)C)[Si](C)(C)C.[Li]. The summed E-state index contributed by atoms with van der Waals surface area (Å²) in [5.74, 6) is 0. The van der Waals surface area contributed by atoms with Crippen LogP contribution in [-0.2, 0) is 0 Å². The first-order valence-electron chi connectivity index (χ1n) is 3.58. The van der Waals surface area contributed by atoms with Crippen molar-refractivity contribution in [3.05, 3.63) is 0 Å². The monoisotopic (exact) mass is 168 g/mol. The average molecular weight is 168 g/mol. The van der Waals surface area contributed by atoms with Crippen molar-refractivity contribution in [1.82, 2.24) is 4.23 Å². The van der Waals surface area contributed by atoms with Crippen LogP contribution in [-0.4, -0.2) is 47.3 Å². The molecule has 0 unspecified atom stereocenters. The van der Waals surface area contributed by atoms with Gasteiger partial charge in [-0.1, -0.05) is 32.7 Å². The van der Waals surface area contributed by atoms with Crippen LogP contribution in [0.2, 0.25) is 32.7 Å². The predicted octanol–water partition coefficient (Wildman–Crippen LogP) is 1.36. The van der Waals surface area contributed by atoms with E-state index in [1.807, 2.05) is 0 Å². The van der Waals surface area contributed by atoms with Gasteiger partial charge in [0.15, 0.2) is 0 Å². The zero-order chi connectivity index (χ0) is 7.65. The van der Waals surface area contributed by atoms with E-state index in [9.17, 15) is 0 Å². The molecular formula is C6H19LiNSi2. The summed E-state index contributed by atoms with van der Waals surface area (Å²) in [6.07, 6.45) is 0. The Kier molecular flexibility index (Phi) is 6.50. The summed E-state index contributed by atoms with van der Waals surface area (Å²) in [6, 6.07) is 0. The molecule has 1 nitrogen and oxygen atoms in total.